The van der Waals surface area contributed by atoms with Gasteiger partial charge in [-0.1, -0.05) is 72.3 Å². The normalized spacial score (nSPS) is 14.2. The highest BCUT2D eigenvalue weighted by molar-refractivity contribution is 7.80. The monoisotopic (exact) mass is 604 g/mol. The maximum atomic E-state index is 13.8. The Kier molecular flexibility index (Phi) is 7.41. The second-order valence-corrected chi connectivity index (χ2v) is 10.4. The average molecular weight is 605 g/mol. The van der Waals surface area contributed by atoms with Gasteiger partial charge < -0.3 is 4.57 Å². The summed E-state index contributed by atoms with van der Waals surface area (Å²) in [5, 5.41) is 14.5. The number of rotatable bonds is 6. The van der Waals surface area contributed by atoms with Crippen molar-refractivity contribution in [1.29, 1.82) is 0 Å². The van der Waals surface area contributed by atoms with Crippen molar-refractivity contribution in [3.63, 3.8) is 0 Å². The van der Waals surface area contributed by atoms with Crippen LogP contribution in [0.25, 0.3) is 34.3 Å². The molecule has 0 aliphatic carbocycles. The molecule has 0 atom stereocenters. The molecule has 2 heterocycles. The molecule has 1 aliphatic rings. The molecule has 8 nitrogen and oxygen atoms in total. The molecule has 0 bridgehead atoms. The first kappa shape index (κ1) is 27.8. The van der Waals surface area contributed by atoms with E-state index < -0.39 is 16.7 Å². The van der Waals surface area contributed by atoms with Crippen LogP contribution in [0.15, 0.2) is 121 Å². The van der Waals surface area contributed by atoms with Crippen LogP contribution < -0.4 is 10.2 Å². The van der Waals surface area contributed by atoms with Crippen LogP contribution in [0, 0.1) is 10.1 Å². The summed E-state index contributed by atoms with van der Waals surface area (Å²) in [6, 6.07) is 33.8. The fraction of sp³-hybridized carbons (Fsp3) is 0. The van der Waals surface area contributed by atoms with Crippen LogP contribution in [0.3, 0.4) is 0 Å². The molecule has 5 aromatic rings. The molecule has 1 aromatic heterocycles. The summed E-state index contributed by atoms with van der Waals surface area (Å²) in [5.41, 5.74) is 4.69. The smallest absolute Gasteiger partial charge is 0.270 e. The predicted octanol–water partition coefficient (Wildman–Crippen LogP) is 7.20. The van der Waals surface area contributed by atoms with E-state index in [-0.39, 0.29) is 16.4 Å². The van der Waals surface area contributed by atoms with Gasteiger partial charge in [-0.3, -0.25) is 29.9 Å². The number of hydrogen-bond donors (Lipinski definition) is 1. The van der Waals surface area contributed by atoms with Gasteiger partial charge in [0.15, 0.2) is 5.11 Å². The van der Waals surface area contributed by atoms with E-state index in [0.29, 0.717) is 27.7 Å². The van der Waals surface area contributed by atoms with Crippen molar-refractivity contribution >= 4 is 58.2 Å². The molecule has 1 fully saturated rings. The highest BCUT2D eigenvalue weighted by atomic mass is 35.5. The Morgan fingerprint density at radius 1 is 0.791 bits per heavy atom. The van der Waals surface area contributed by atoms with Gasteiger partial charge in [-0.2, -0.15) is 0 Å². The Hall–Kier alpha value is -5.38. The van der Waals surface area contributed by atoms with Crippen molar-refractivity contribution in [3.05, 3.63) is 142 Å². The minimum Gasteiger partial charge on any atom is -0.309 e. The quantitative estimate of drug-likeness (QED) is 0.0726. The molecular formula is C33H21ClN4O4S. The van der Waals surface area contributed by atoms with Crippen LogP contribution in [-0.4, -0.2) is 26.4 Å². The lowest BCUT2D eigenvalue weighted by molar-refractivity contribution is -0.384. The number of carbonyl (C=O) groups is 2. The summed E-state index contributed by atoms with van der Waals surface area (Å²) in [6.07, 6.45) is 1.55. The zero-order valence-electron chi connectivity index (χ0n) is 22.3. The van der Waals surface area contributed by atoms with Crippen molar-refractivity contribution in [1.82, 2.24) is 9.88 Å². The van der Waals surface area contributed by atoms with Gasteiger partial charge >= 0.3 is 0 Å². The van der Waals surface area contributed by atoms with E-state index in [0.717, 1.165) is 16.8 Å². The highest BCUT2D eigenvalue weighted by Crippen LogP contribution is 2.38. The molecule has 6 rings (SSSR count). The SMILES string of the molecule is O=C1NC(=S)N(c2ccc(Cl)cc2)C(=O)/C1=C/c1cc(-c2ccccc2)n(-c2ccc([N+](=O)[O-])cc2)c1-c1ccccc1. The molecule has 1 aliphatic heterocycles. The standard InChI is InChI=1S/C33H21ClN4O4S/c34-24-11-13-26(14-12-24)37-32(40)28(31(39)35-33(37)43)19-23-20-29(21-7-3-1-4-8-21)36(30(23)22-9-5-2-6-10-22)25-15-17-27(18-16-25)38(41)42/h1-20H,(H,35,39,43)/b28-19+. The lowest BCUT2D eigenvalue weighted by Gasteiger charge is -2.29. The summed E-state index contributed by atoms with van der Waals surface area (Å²) in [6.45, 7) is 0. The predicted molar refractivity (Wildman–Crippen MR) is 171 cm³/mol. The van der Waals surface area contributed by atoms with Crippen LogP contribution >= 0.6 is 23.8 Å². The third-order valence-electron chi connectivity index (χ3n) is 6.95. The van der Waals surface area contributed by atoms with Crippen LogP contribution in [0.1, 0.15) is 5.56 Å². The number of hydrogen-bond acceptors (Lipinski definition) is 5. The van der Waals surface area contributed by atoms with Gasteiger partial charge in [0.2, 0.25) is 0 Å². The Bertz CT molecular complexity index is 1920. The number of nitro groups is 1. The summed E-state index contributed by atoms with van der Waals surface area (Å²) >= 11 is 11.4. The number of non-ortho nitro benzene ring substituents is 1. The summed E-state index contributed by atoms with van der Waals surface area (Å²) in [5.74, 6) is -1.21. The Balaban J connectivity index is 1.59. The number of carbonyl (C=O) groups excluding carboxylic acids is 2. The fourth-order valence-electron chi connectivity index (χ4n) is 4.98. The van der Waals surface area contributed by atoms with Gasteiger partial charge in [0.1, 0.15) is 5.57 Å². The van der Waals surface area contributed by atoms with Crippen LogP contribution in [0.2, 0.25) is 5.02 Å². The maximum Gasteiger partial charge on any atom is 0.270 e. The zero-order chi connectivity index (χ0) is 30.1. The molecule has 210 valence electrons. The molecular weight excluding hydrogens is 584 g/mol. The van der Waals surface area contributed by atoms with Gasteiger partial charge in [-0.15, -0.1) is 0 Å². The fourth-order valence-corrected chi connectivity index (χ4v) is 5.39. The van der Waals surface area contributed by atoms with E-state index >= 15 is 0 Å². The van der Waals surface area contributed by atoms with Crippen molar-refractivity contribution in [2.45, 2.75) is 0 Å². The van der Waals surface area contributed by atoms with E-state index in [4.69, 9.17) is 23.8 Å². The number of nitro benzene ring substituents is 1. The largest absolute Gasteiger partial charge is 0.309 e. The summed E-state index contributed by atoms with van der Waals surface area (Å²) in [4.78, 5) is 39.2. The molecule has 0 saturated carbocycles. The maximum absolute atomic E-state index is 13.8. The minimum absolute atomic E-state index is 0.0359. The number of amides is 2. The molecule has 4 aromatic carbocycles. The summed E-state index contributed by atoms with van der Waals surface area (Å²) < 4.78 is 1.97. The van der Waals surface area contributed by atoms with Crippen LogP contribution in [0.5, 0.6) is 0 Å². The van der Waals surface area contributed by atoms with E-state index in [1.165, 1.54) is 17.0 Å². The first-order chi connectivity index (χ1) is 20.8. The zero-order valence-corrected chi connectivity index (χ0v) is 23.9. The van der Waals surface area contributed by atoms with Gasteiger partial charge in [0.05, 0.1) is 22.0 Å². The topological polar surface area (TPSA) is 97.5 Å². The molecule has 1 saturated heterocycles. The molecule has 1 N–H and O–H groups in total. The first-order valence-corrected chi connectivity index (χ1v) is 13.9. The number of anilines is 1. The second-order valence-electron chi connectivity index (χ2n) is 9.61. The molecule has 43 heavy (non-hydrogen) atoms. The molecule has 0 unspecified atom stereocenters. The van der Waals surface area contributed by atoms with Gasteiger partial charge in [-0.05, 0) is 71.9 Å². The third kappa shape index (κ3) is 5.34. The van der Waals surface area contributed by atoms with E-state index in [1.807, 2.05) is 71.3 Å². The molecule has 10 heteroatoms. The lowest BCUT2D eigenvalue weighted by Crippen LogP contribution is -2.54. The molecule has 0 radical (unpaired) electrons. The van der Waals surface area contributed by atoms with Crippen molar-refractivity contribution in [2.75, 3.05) is 4.90 Å². The van der Waals surface area contributed by atoms with Crippen molar-refractivity contribution < 1.29 is 14.5 Å². The second kappa shape index (κ2) is 11.5. The van der Waals surface area contributed by atoms with Crippen molar-refractivity contribution in [3.8, 4) is 28.2 Å². The highest BCUT2D eigenvalue weighted by Gasteiger charge is 2.35. The summed E-state index contributed by atoms with van der Waals surface area (Å²) in [7, 11) is 0. The van der Waals surface area contributed by atoms with E-state index in [2.05, 4.69) is 5.32 Å². The number of nitrogens with one attached hydrogen (secondary N) is 1. The number of thiocarbonyl (C=S) groups is 1. The first-order valence-electron chi connectivity index (χ1n) is 13.1. The third-order valence-corrected chi connectivity index (χ3v) is 7.49. The van der Waals surface area contributed by atoms with Gasteiger partial charge in [0.25, 0.3) is 17.5 Å². The Labute approximate surface area is 256 Å². The Morgan fingerprint density at radius 3 is 1.98 bits per heavy atom. The van der Waals surface area contributed by atoms with Crippen molar-refractivity contribution in [2.24, 2.45) is 0 Å². The number of benzene rings is 4. The number of aromatic nitrogens is 1. The van der Waals surface area contributed by atoms with E-state index in [1.54, 1.807) is 42.5 Å². The van der Waals surface area contributed by atoms with Crippen LogP contribution in [0.4, 0.5) is 11.4 Å². The lowest BCUT2D eigenvalue weighted by atomic mass is 10.0. The van der Waals surface area contributed by atoms with Crippen LogP contribution in [-0.2, 0) is 9.59 Å². The van der Waals surface area contributed by atoms with Gasteiger partial charge in [-0.25, -0.2) is 0 Å². The molecule has 2 amide bonds. The number of halogens is 1. The molecule has 0 spiro atoms. The van der Waals surface area contributed by atoms with Gasteiger partial charge in [0, 0.05) is 28.4 Å². The number of nitrogens with zero attached hydrogens (tertiary/aromatic N) is 3. The minimum atomic E-state index is -0.622. The van der Waals surface area contributed by atoms with E-state index in [9.17, 15) is 19.7 Å². The average Bonchev–Trinajstić information content (AvgIpc) is 3.40. The Morgan fingerprint density at radius 2 is 1.37 bits per heavy atom.